The van der Waals surface area contributed by atoms with Crippen molar-refractivity contribution < 1.29 is 0 Å². The van der Waals surface area contributed by atoms with Crippen LogP contribution in [0.1, 0.15) is 39.0 Å². The summed E-state index contributed by atoms with van der Waals surface area (Å²) in [6.45, 7) is 8.90. The predicted molar refractivity (Wildman–Crippen MR) is 60.5 cm³/mol. The fraction of sp³-hybridized carbons (Fsp3) is 1.00. The van der Waals surface area contributed by atoms with Gasteiger partial charge < -0.3 is 10.2 Å². The molecule has 0 aromatic heterocycles. The molecular formula is C12H24N2. The van der Waals surface area contributed by atoms with Crippen LogP contribution in [0.4, 0.5) is 0 Å². The first-order valence-corrected chi connectivity index (χ1v) is 6.22. The Morgan fingerprint density at radius 2 is 1.86 bits per heavy atom. The highest BCUT2D eigenvalue weighted by molar-refractivity contribution is 4.86. The molecule has 0 spiro atoms. The van der Waals surface area contributed by atoms with Crippen molar-refractivity contribution in [1.82, 2.24) is 10.2 Å². The lowest BCUT2D eigenvalue weighted by Crippen LogP contribution is -2.37. The zero-order valence-corrected chi connectivity index (χ0v) is 9.52. The Morgan fingerprint density at radius 3 is 2.43 bits per heavy atom. The van der Waals surface area contributed by atoms with Crippen molar-refractivity contribution in [3.8, 4) is 0 Å². The Bertz CT molecular complexity index is 165. The molecule has 1 N–H and O–H groups in total. The first kappa shape index (κ1) is 10.4. The van der Waals surface area contributed by atoms with Crippen LogP contribution in [0.5, 0.6) is 0 Å². The maximum atomic E-state index is 3.49. The van der Waals surface area contributed by atoms with Gasteiger partial charge in [0, 0.05) is 13.1 Å². The first-order chi connectivity index (χ1) is 6.79. The van der Waals surface area contributed by atoms with Gasteiger partial charge in [-0.05, 0) is 44.3 Å². The van der Waals surface area contributed by atoms with Crippen molar-refractivity contribution in [3.05, 3.63) is 0 Å². The van der Waals surface area contributed by atoms with E-state index in [0.717, 1.165) is 0 Å². The van der Waals surface area contributed by atoms with Gasteiger partial charge in [-0.3, -0.25) is 0 Å². The molecule has 2 heteroatoms. The number of rotatable bonds is 2. The van der Waals surface area contributed by atoms with Crippen LogP contribution in [0.2, 0.25) is 0 Å². The number of likely N-dealkylation sites (tertiary alicyclic amines) is 1. The molecule has 0 bridgehead atoms. The number of nitrogens with one attached hydrogen (secondary N) is 1. The van der Waals surface area contributed by atoms with E-state index < -0.39 is 0 Å². The van der Waals surface area contributed by atoms with E-state index in [1.807, 2.05) is 0 Å². The van der Waals surface area contributed by atoms with Crippen molar-refractivity contribution in [2.24, 2.45) is 5.41 Å². The van der Waals surface area contributed by atoms with Crippen molar-refractivity contribution >= 4 is 0 Å². The summed E-state index contributed by atoms with van der Waals surface area (Å²) < 4.78 is 0. The molecule has 0 saturated carbocycles. The van der Waals surface area contributed by atoms with Gasteiger partial charge in [0.25, 0.3) is 0 Å². The Morgan fingerprint density at radius 1 is 1.14 bits per heavy atom. The van der Waals surface area contributed by atoms with E-state index in [1.54, 1.807) is 0 Å². The monoisotopic (exact) mass is 196 g/mol. The van der Waals surface area contributed by atoms with E-state index in [4.69, 9.17) is 0 Å². The molecule has 82 valence electrons. The van der Waals surface area contributed by atoms with E-state index in [2.05, 4.69) is 17.1 Å². The molecule has 0 aromatic carbocycles. The van der Waals surface area contributed by atoms with Gasteiger partial charge in [0.2, 0.25) is 0 Å². The standard InChI is InChI=1S/C12H24N2/c1-12(6-7-13-10-12)11-14-8-4-2-3-5-9-14/h13H,2-11H2,1H3. The van der Waals surface area contributed by atoms with Crippen LogP contribution in [0.3, 0.4) is 0 Å². The van der Waals surface area contributed by atoms with Gasteiger partial charge in [-0.2, -0.15) is 0 Å². The second kappa shape index (κ2) is 4.63. The summed E-state index contributed by atoms with van der Waals surface area (Å²) in [6.07, 6.45) is 7.10. The van der Waals surface area contributed by atoms with E-state index in [1.165, 1.54) is 64.8 Å². The van der Waals surface area contributed by atoms with Crippen molar-refractivity contribution in [2.45, 2.75) is 39.0 Å². The molecule has 1 atom stereocenters. The number of hydrogen-bond acceptors (Lipinski definition) is 2. The van der Waals surface area contributed by atoms with Crippen LogP contribution in [0, 0.1) is 5.41 Å². The third kappa shape index (κ3) is 2.71. The molecule has 2 saturated heterocycles. The van der Waals surface area contributed by atoms with Gasteiger partial charge in [-0.15, -0.1) is 0 Å². The van der Waals surface area contributed by atoms with Gasteiger partial charge in [-0.1, -0.05) is 19.8 Å². The minimum Gasteiger partial charge on any atom is -0.316 e. The zero-order valence-electron chi connectivity index (χ0n) is 9.52. The molecule has 14 heavy (non-hydrogen) atoms. The Labute approximate surface area is 88.1 Å². The van der Waals surface area contributed by atoms with Crippen LogP contribution in [0.25, 0.3) is 0 Å². The molecule has 2 nitrogen and oxygen atoms in total. The van der Waals surface area contributed by atoms with E-state index in [0.29, 0.717) is 5.41 Å². The molecule has 2 aliphatic rings. The second-order valence-corrected chi connectivity index (χ2v) is 5.43. The minimum absolute atomic E-state index is 0.560. The van der Waals surface area contributed by atoms with Gasteiger partial charge in [0.1, 0.15) is 0 Å². The summed E-state index contributed by atoms with van der Waals surface area (Å²) in [5.41, 5.74) is 0.560. The van der Waals surface area contributed by atoms with Gasteiger partial charge in [0.05, 0.1) is 0 Å². The maximum absolute atomic E-state index is 3.49. The molecule has 2 fully saturated rings. The molecular weight excluding hydrogens is 172 g/mol. The fourth-order valence-corrected chi connectivity index (χ4v) is 2.84. The van der Waals surface area contributed by atoms with E-state index in [9.17, 15) is 0 Å². The van der Waals surface area contributed by atoms with Gasteiger partial charge in [-0.25, -0.2) is 0 Å². The molecule has 2 rings (SSSR count). The highest BCUT2D eigenvalue weighted by Gasteiger charge is 2.30. The lowest BCUT2D eigenvalue weighted by molar-refractivity contribution is 0.183. The minimum atomic E-state index is 0.560. The van der Waals surface area contributed by atoms with Crippen LogP contribution in [-0.4, -0.2) is 37.6 Å². The van der Waals surface area contributed by atoms with Crippen molar-refractivity contribution in [2.75, 3.05) is 32.7 Å². The fourth-order valence-electron chi connectivity index (χ4n) is 2.84. The summed E-state index contributed by atoms with van der Waals surface area (Å²) >= 11 is 0. The molecule has 2 heterocycles. The summed E-state index contributed by atoms with van der Waals surface area (Å²) in [5, 5.41) is 3.49. The summed E-state index contributed by atoms with van der Waals surface area (Å²) in [6, 6.07) is 0. The van der Waals surface area contributed by atoms with E-state index in [-0.39, 0.29) is 0 Å². The third-order valence-electron chi connectivity index (χ3n) is 3.76. The molecule has 2 aliphatic heterocycles. The lowest BCUT2D eigenvalue weighted by atomic mass is 9.89. The predicted octanol–water partition coefficient (Wildman–Crippen LogP) is 1.86. The molecule has 0 aliphatic carbocycles. The van der Waals surface area contributed by atoms with Gasteiger partial charge in [0.15, 0.2) is 0 Å². The average Bonchev–Trinajstić information content (AvgIpc) is 2.43. The second-order valence-electron chi connectivity index (χ2n) is 5.43. The van der Waals surface area contributed by atoms with Crippen LogP contribution in [-0.2, 0) is 0 Å². The summed E-state index contributed by atoms with van der Waals surface area (Å²) in [7, 11) is 0. The lowest BCUT2D eigenvalue weighted by Gasteiger charge is -2.31. The largest absolute Gasteiger partial charge is 0.316 e. The summed E-state index contributed by atoms with van der Waals surface area (Å²) in [4.78, 5) is 2.69. The van der Waals surface area contributed by atoms with Crippen LogP contribution < -0.4 is 5.32 Å². The molecule has 0 radical (unpaired) electrons. The van der Waals surface area contributed by atoms with Crippen molar-refractivity contribution in [3.63, 3.8) is 0 Å². The number of hydrogen-bond donors (Lipinski definition) is 1. The van der Waals surface area contributed by atoms with Crippen LogP contribution in [0.15, 0.2) is 0 Å². The normalized spacial score (nSPS) is 35.8. The molecule has 0 amide bonds. The maximum Gasteiger partial charge on any atom is 0.00480 e. The zero-order chi connectivity index (χ0) is 9.86. The van der Waals surface area contributed by atoms with Crippen molar-refractivity contribution in [1.29, 1.82) is 0 Å². The Balaban J connectivity index is 1.82. The van der Waals surface area contributed by atoms with Crippen LogP contribution >= 0.6 is 0 Å². The molecule has 1 unspecified atom stereocenters. The summed E-state index contributed by atoms with van der Waals surface area (Å²) in [5.74, 6) is 0. The average molecular weight is 196 g/mol. The van der Waals surface area contributed by atoms with E-state index >= 15 is 0 Å². The first-order valence-electron chi connectivity index (χ1n) is 6.22. The SMILES string of the molecule is CC1(CN2CCCCCC2)CCNC1. The Kier molecular flexibility index (Phi) is 3.45. The smallest absolute Gasteiger partial charge is 0.00480 e. The highest BCUT2D eigenvalue weighted by Crippen LogP contribution is 2.26. The topological polar surface area (TPSA) is 15.3 Å². The number of nitrogens with zero attached hydrogens (tertiary/aromatic N) is 1. The molecule has 0 aromatic rings. The van der Waals surface area contributed by atoms with Gasteiger partial charge >= 0.3 is 0 Å². The quantitative estimate of drug-likeness (QED) is 0.725. The third-order valence-corrected chi connectivity index (χ3v) is 3.76. The highest BCUT2D eigenvalue weighted by atomic mass is 15.1. The Hall–Kier alpha value is -0.0800.